The second-order valence-electron chi connectivity index (χ2n) is 3.85. The van der Waals surface area contributed by atoms with Crippen molar-refractivity contribution in [1.29, 1.82) is 0 Å². The standard InChI is InChI=1S/2C3H8O6S2/c2*4-10(5,6)2-1-3-11(7,8)9/h2*1-3H2,(H,4,5,6)(H,7,8,9). The van der Waals surface area contributed by atoms with E-state index in [-0.39, 0.29) is 12.8 Å². The molecule has 0 bridgehead atoms. The molecule has 0 spiro atoms. The van der Waals surface area contributed by atoms with Crippen LogP contribution < -0.4 is 0 Å². The average Bonchev–Trinajstić information content (AvgIpc) is 2.08. The number of hydrogen-bond acceptors (Lipinski definition) is 8. The molecule has 0 aliphatic heterocycles. The minimum absolute atomic E-state index is 0.308. The zero-order valence-corrected chi connectivity index (χ0v) is 14.2. The van der Waals surface area contributed by atoms with E-state index in [1.54, 1.807) is 0 Å². The highest BCUT2D eigenvalue weighted by molar-refractivity contribution is 7.87. The molecule has 12 nitrogen and oxygen atoms in total. The fraction of sp³-hybridized carbons (Fsp3) is 1.00. The zero-order chi connectivity index (χ0) is 18.2. The van der Waals surface area contributed by atoms with E-state index >= 15 is 0 Å². The van der Waals surface area contributed by atoms with E-state index in [4.69, 9.17) is 18.2 Å². The third-order valence-corrected chi connectivity index (χ3v) is 4.83. The molecule has 0 rings (SSSR count). The Bertz CT molecular complexity index is 595. The fourth-order valence-electron chi connectivity index (χ4n) is 0.847. The van der Waals surface area contributed by atoms with Crippen LogP contribution >= 0.6 is 0 Å². The third kappa shape index (κ3) is 27.9. The van der Waals surface area contributed by atoms with Gasteiger partial charge in [0, 0.05) is 0 Å². The van der Waals surface area contributed by atoms with Gasteiger partial charge >= 0.3 is 0 Å². The van der Waals surface area contributed by atoms with E-state index < -0.39 is 63.5 Å². The molecule has 0 saturated carbocycles. The summed E-state index contributed by atoms with van der Waals surface area (Å²) in [5.41, 5.74) is 0. The Balaban J connectivity index is 0. The molecule has 0 fully saturated rings. The van der Waals surface area contributed by atoms with E-state index in [2.05, 4.69) is 0 Å². The van der Waals surface area contributed by atoms with Crippen LogP contribution in [0.15, 0.2) is 0 Å². The monoisotopic (exact) mass is 408 g/mol. The van der Waals surface area contributed by atoms with Crippen molar-refractivity contribution in [3.05, 3.63) is 0 Å². The topological polar surface area (TPSA) is 217 Å². The first kappa shape index (κ1) is 23.9. The van der Waals surface area contributed by atoms with Crippen LogP contribution in [0.25, 0.3) is 0 Å². The molecule has 0 atom stereocenters. The zero-order valence-electron chi connectivity index (χ0n) is 10.9. The van der Waals surface area contributed by atoms with Gasteiger partial charge in [-0.1, -0.05) is 0 Å². The predicted octanol–water partition coefficient (Wildman–Crippen LogP) is -1.70. The van der Waals surface area contributed by atoms with E-state index in [1.165, 1.54) is 0 Å². The summed E-state index contributed by atoms with van der Waals surface area (Å²) in [4.78, 5) is 0. The Hall–Kier alpha value is -0.360. The van der Waals surface area contributed by atoms with Gasteiger partial charge in [-0.3, -0.25) is 18.2 Å². The highest BCUT2D eigenvalue weighted by Gasteiger charge is 2.09. The van der Waals surface area contributed by atoms with E-state index in [1.807, 2.05) is 0 Å². The van der Waals surface area contributed by atoms with E-state index in [9.17, 15) is 33.7 Å². The Morgan fingerprint density at radius 3 is 0.636 bits per heavy atom. The van der Waals surface area contributed by atoms with Crippen molar-refractivity contribution in [2.75, 3.05) is 23.0 Å². The maximum Gasteiger partial charge on any atom is 0.264 e. The van der Waals surface area contributed by atoms with Crippen LogP contribution in [0.3, 0.4) is 0 Å². The van der Waals surface area contributed by atoms with Gasteiger partial charge in [-0.05, 0) is 12.8 Å². The van der Waals surface area contributed by atoms with Crippen LogP contribution in [-0.2, 0) is 40.5 Å². The summed E-state index contributed by atoms with van der Waals surface area (Å²) in [6.07, 6.45) is -0.616. The molecule has 0 aliphatic carbocycles. The minimum atomic E-state index is -4.12. The SMILES string of the molecule is O=S(=O)(O)CCCS(=O)(=O)O.O=S(=O)(O)CCCS(=O)(=O)O. The molecule has 0 aromatic rings. The molecular formula is C6H16O12S4. The van der Waals surface area contributed by atoms with E-state index in [0.717, 1.165) is 0 Å². The van der Waals surface area contributed by atoms with Crippen molar-refractivity contribution in [1.82, 2.24) is 0 Å². The maximum absolute atomic E-state index is 10.00. The van der Waals surface area contributed by atoms with Gasteiger partial charge in [0.05, 0.1) is 23.0 Å². The Morgan fingerprint density at radius 2 is 0.545 bits per heavy atom. The minimum Gasteiger partial charge on any atom is -0.286 e. The third-order valence-electron chi connectivity index (χ3n) is 1.61. The summed E-state index contributed by atoms with van der Waals surface area (Å²) in [7, 11) is -16.5. The van der Waals surface area contributed by atoms with Crippen molar-refractivity contribution in [2.24, 2.45) is 0 Å². The van der Waals surface area contributed by atoms with Crippen LogP contribution in [0.5, 0.6) is 0 Å². The first-order valence-corrected chi connectivity index (χ1v) is 11.7. The highest BCUT2D eigenvalue weighted by Crippen LogP contribution is 1.93. The lowest BCUT2D eigenvalue weighted by Crippen LogP contribution is -2.10. The molecule has 0 aromatic carbocycles. The second-order valence-corrected chi connectivity index (χ2v) is 10.1. The summed E-state index contributed by atoms with van der Waals surface area (Å²) >= 11 is 0. The molecule has 0 unspecified atom stereocenters. The molecule has 0 saturated heterocycles. The Kier molecular flexibility index (Phi) is 9.84. The van der Waals surface area contributed by atoms with Crippen molar-refractivity contribution < 1.29 is 51.9 Å². The van der Waals surface area contributed by atoms with Gasteiger partial charge in [0.25, 0.3) is 40.5 Å². The molecule has 0 heterocycles. The van der Waals surface area contributed by atoms with Gasteiger partial charge < -0.3 is 0 Å². The van der Waals surface area contributed by atoms with Gasteiger partial charge in [0.15, 0.2) is 0 Å². The van der Waals surface area contributed by atoms with Crippen LogP contribution in [0.4, 0.5) is 0 Å². The lowest BCUT2D eigenvalue weighted by atomic mass is 10.6. The predicted molar refractivity (Wildman–Crippen MR) is 74.9 cm³/mol. The lowest BCUT2D eigenvalue weighted by Gasteiger charge is -1.94. The first-order valence-electron chi connectivity index (χ1n) is 5.22. The summed E-state index contributed by atoms with van der Waals surface area (Å²) in [5, 5.41) is 0. The number of rotatable bonds is 8. The largest absolute Gasteiger partial charge is 0.286 e. The molecule has 0 aliphatic rings. The molecule has 16 heteroatoms. The first-order chi connectivity index (χ1) is 9.41. The summed E-state index contributed by atoms with van der Waals surface area (Å²) in [5.74, 6) is -2.64. The highest BCUT2D eigenvalue weighted by atomic mass is 32.2. The quantitative estimate of drug-likeness (QED) is 0.330. The number of hydrogen-bond donors (Lipinski definition) is 4. The van der Waals surface area contributed by atoms with Crippen LogP contribution in [0, 0.1) is 0 Å². The van der Waals surface area contributed by atoms with Crippen molar-refractivity contribution in [3.63, 3.8) is 0 Å². The molecule has 22 heavy (non-hydrogen) atoms. The van der Waals surface area contributed by atoms with Gasteiger partial charge in [0.1, 0.15) is 0 Å². The van der Waals surface area contributed by atoms with E-state index in [0.29, 0.717) is 0 Å². The van der Waals surface area contributed by atoms with Gasteiger partial charge in [-0.15, -0.1) is 0 Å². The van der Waals surface area contributed by atoms with Crippen molar-refractivity contribution in [3.8, 4) is 0 Å². The molecule has 136 valence electrons. The Morgan fingerprint density at radius 1 is 0.409 bits per heavy atom. The lowest BCUT2D eigenvalue weighted by molar-refractivity contribution is 0.472. The maximum atomic E-state index is 10.00. The van der Waals surface area contributed by atoms with Crippen LogP contribution in [0.2, 0.25) is 0 Å². The van der Waals surface area contributed by atoms with Crippen LogP contribution in [-0.4, -0.2) is 74.9 Å². The molecule has 0 aromatic heterocycles. The van der Waals surface area contributed by atoms with Crippen molar-refractivity contribution in [2.45, 2.75) is 12.8 Å². The normalized spacial score (nSPS) is 13.3. The Labute approximate surface area is 128 Å². The molecule has 0 radical (unpaired) electrons. The molecule has 4 N–H and O–H groups in total. The smallest absolute Gasteiger partial charge is 0.264 e. The fourth-order valence-corrected chi connectivity index (χ4v) is 3.25. The second kappa shape index (κ2) is 9.06. The van der Waals surface area contributed by atoms with Gasteiger partial charge in [-0.25, -0.2) is 0 Å². The summed E-state index contributed by atoms with van der Waals surface area (Å²) in [6, 6.07) is 0. The molecule has 0 amide bonds. The summed E-state index contributed by atoms with van der Waals surface area (Å²) < 4.78 is 112. The van der Waals surface area contributed by atoms with Gasteiger partial charge in [-0.2, -0.15) is 33.7 Å². The van der Waals surface area contributed by atoms with Gasteiger partial charge in [0.2, 0.25) is 0 Å². The van der Waals surface area contributed by atoms with Crippen molar-refractivity contribution >= 4 is 40.5 Å². The molecular weight excluding hydrogens is 392 g/mol. The van der Waals surface area contributed by atoms with Crippen LogP contribution in [0.1, 0.15) is 12.8 Å². The average molecular weight is 408 g/mol. The summed E-state index contributed by atoms with van der Waals surface area (Å²) in [6.45, 7) is 0.